The smallest absolute Gasteiger partial charge is 0.0702 e. The van der Waals surface area contributed by atoms with Gasteiger partial charge in [-0.25, -0.2) is 0 Å². The molecule has 0 aliphatic carbocycles. The van der Waals surface area contributed by atoms with E-state index >= 15 is 0 Å². The third kappa shape index (κ3) is 2.68. The highest BCUT2D eigenvalue weighted by molar-refractivity contribution is 5.83. The predicted molar refractivity (Wildman–Crippen MR) is 69.0 cm³/mol. The van der Waals surface area contributed by atoms with Crippen molar-refractivity contribution in [2.45, 2.75) is 26.5 Å². The topological polar surface area (TPSA) is 34.4 Å². The van der Waals surface area contributed by atoms with Gasteiger partial charge >= 0.3 is 0 Å². The van der Waals surface area contributed by atoms with Crippen molar-refractivity contribution in [2.24, 2.45) is 0 Å². The van der Waals surface area contributed by atoms with Gasteiger partial charge in [-0.3, -0.25) is 0 Å². The number of rotatable bonds is 6. The number of hydrogen-bond acceptors (Lipinski definition) is 2. The first-order chi connectivity index (χ1) is 8.36. The Labute approximate surface area is 102 Å². The first-order valence-corrected chi connectivity index (χ1v) is 6.12. The molecule has 0 saturated heterocycles. The highest BCUT2D eigenvalue weighted by Gasteiger charge is 2.06. The van der Waals surface area contributed by atoms with Crippen LogP contribution >= 0.6 is 0 Å². The number of fused-ring (bicyclic) bond motifs is 1. The van der Waals surface area contributed by atoms with E-state index in [2.05, 4.69) is 17.6 Å². The maximum absolute atomic E-state index is 9.31. The number of nitrogens with zero attached hydrogens (tertiary/aromatic N) is 1. The summed E-state index contributed by atoms with van der Waals surface area (Å²) in [5.41, 5.74) is 2.15. The number of para-hydroxylation sites is 1. The van der Waals surface area contributed by atoms with E-state index in [0.717, 1.165) is 42.6 Å². The standard InChI is InChI=1S/C14H19NO2/c1-2-8-17-9-7-15-10-12(11-16)13-5-3-4-6-14(13)15/h3-6,10,16H,2,7-9,11H2,1H3. The Kier molecular flexibility index (Phi) is 4.18. The van der Waals surface area contributed by atoms with E-state index in [9.17, 15) is 5.11 Å². The van der Waals surface area contributed by atoms with E-state index in [1.807, 2.05) is 24.4 Å². The van der Waals surface area contributed by atoms with Crippen molar-refractivity contribution < 1.29 is 9.84 Å². The fourth-order valence-corrected chi connectivity index (χ4v) is 2.04. The number of hydrogen-bond donors (Lipinski definition) is 1. The molecule has 2 aromatic rings. The lowest BCUT2D eigenvalue weighted by atomic mass is 10.2. The van der Waals surface area contributed by atoms with Crippen LogP contribution in [0.3, 0.4) is 0 Å². The summed E-state index contributed by atoms with van der Waals surface area (Å²) in [5, 5.41) is 10.4. The molecule has 1 aromatic heterocycles. The van der Waals surface area contributed by atoms with Crippen molar-refractivity contribution in [3.8, 4) is 0 Å². The van der Waals surface area contributed by atoms with Crippen LogP contribution < -0.4 is 0 Å². The summed E-state index contributed by atoms with van der Waals surface area (Å²) in [6.07, 6.45) is 3.06. The maximum atomic E-state index is 9.31. The summed E-state index contributed by atoms with van der Waals surface area (Å²) in [6.45, 7) is 4.56. The van der Waals surface area contributed by atoms with Crippen molar-refractivity contribution in [1.82, 2.24) is 4.57 Å². The van der Waals surface area contributed by atoms with Gasteiger partial charge in [0, 0.05) is 35.8 Å². The second-order valence-corrected chi connectivity index (χ2v) is 4.14. The Morgan fingerprint density at radius 3 is 2.82 bits per heavy atom. The molecule has 0 unspecified atom stereocenters. The van der Waals surface area contributed by atoms with E-state index in [0.29, 0.717) is 0 Å². The van der Waals surface area contributed by atoms with Crippen LogP contribution in [0.5, 0.6) is 0 Å². The normalized spacial score (nSPS) is 11.2. The number of aliphatic hydroxyl groups is 1. The van der Waals surface area contributed by atoms with Crippen LogP contribution in [0.4, 0.5) is 0 Å². The molecular formula is C14H19NO2. The predicted octanol–water partition coefficient (Wildman–Crippen LogP) is 2.56. The molecule has 0 aliphatic heterocycles. The minimum Gasteiger partial charge on any atom is -0.392 e. The zero-order chi connectivity index (χ0) is 12.1. The van der Waals surface area contributed by atoms with Gasteiger partial charge in [0.1, 0.15) is 0 Å². The first-order valence-electron chi connectivity index (χ1n) is 6.12. The molecule has 1 heterocycles. The second kappa shape index (κ2) is 5.84. The summed E-state index contributed by atoms with van der Waals surface area (Å²) in [6, 6.07) is 8.14. The third-order valence-corrected chi connectivity index (χ3v) is 2.87. The maximum Gasteiger partial charge on any atom is 0.0702 e. The van der Waals surface area contributed by atoms with E-state index in [1.54, 1.807) is 0 Å². The summed E-state index contributed by atoms with van der Waals surface area (Å²) in [7, 11) is 0. The fraction of sp³-hybridized carbons (Fsp3) is 0.429. The first kappa shape index (κ1) is 12.1. The van der Waals surface area contributed by atoms with Crippen molar-refractivity contribution in [3.05, 3.63) is 36.0 Å². The van der Waals surface area contributed by atoms with Gasteiger partial charge in [-0.05, 0) is 12.5 Å². The molecule has 3 nitrogen and oxygen atoms in total. The largest absolute Gasteiger partial charge is 0.392 e. The molecule has 1 aromatic carbocycles. The molecule has 1 N–H and O–H groups in total. The molecule has 0 saturated carbocycles. The van der Waals surface area contributed by atoms with Gasteiger partial charge in [0.15, 0.2) is 0 Å². The molecule has 0 spiro atoms. The molecule has 0 atom stereocenters. The van der Waals surface area contributed by atoms with Crippen molar-refractivity contribution in [1.29, 1.82) is 0 Å². The molecule has 92 valence electrons. The SMILES string of the molecule is CCCOCCn1cc(CO)c2ccccc21. The van der Waals surface area contributed by atoms with Gasteiger partial charge in [0.2, 0.25) is 0 Å². The van der Waals surface area contributed by atoms with Crippen LogP contribution in [-0.2, 0) is 17.9 Å². The van der Waals surface area contributed by atoms with Crippen LogP contribution in [0, 0.1) is 0 Å². The third-order valence-electron chi connectivity index (χ3n) is 2.87. The summed E-state index contributed by atoms with van der Waals surface area (Å²) >= 11 is 0. The lowest BCUT2D eigenvalue weighted by Crippen LogP contribution is -2.05. The monoisotopic (exact) mass is 233 g/mol. The zero-order valence-corrected chi connectivity index (χ0v) is 10.2. The van der Waals surface area contributed by atoms with Crippen LogP contribution in [-0.4, -0.2) is 22.9 Å². The second-order valence-electron chi connectivity index (χ2n) is 4.14. The number of aliphatic hydroxyl groups excluding tert-OH is 1. The molecule has 17 heavy (non-hydrogen) atoms. The number of ether oxygens (including phenoxy) is 1. The lowest BCUT2D eigenvalue weighted by Gasteiger charge is -2.05. The van der Waals surface area contributed by atoms with Crippen LogP contribution in [0.2, 0.25) is 0 Å². The molecule has 0 aliphatic rings. The molecule has 2 rings (SSSR count). The average Bonchev–Trinajstić information content (AvgIpc) is 2.73. The van der Waals surface area contributed by atoms with Crippen molar-refractivity contribution in [3.63, 3.8) is 0 Å². The van der Waals surface area contributed by atoms with Gasteiger partial charge in [-0.1, -0.05) is 25.1 Å². The van der Waals surface area contributed by atoms with Crippen LogP contribution in [0.15, 0.2) is 30.5 Å². The minimum absolute atomic E-state index is 0.0866. The molecule has 0 fully saturated rings. The van der Waals surface area contributed by atoms with E-state index in [4.69, 9.17) is 4.74 Å². The van der Waals surface area contributed by atoms with Gasteiger partial charge in [-0.15, -0.1) is 0 Å². The van der Waals surface area contributed by atoms with Crippen LogP contribution in [0.1, 0.15) is 18.9 Å². The van der Waals surface area contributed by atoms with E-state index < -0.39 is 0 Å². The molecule has 0 bridgehead atoms. The number of aromatic nitrogens is 1. The minimum atomic E-state index is 0.0866. The Morgan fingerprint density at radius 1 is 1.24 bits per heavy atom. The highest BCUT2D eigenvalue weighted by Crippen LogP contribution is 2.21. The molecule has 3 heteroatoms. The van der Waals surface area contributed by atoms with Gasteiger partial charge in [-0.2, -0.15) is 0 Å². The number of benzene rings is 1. The van der Waals surface area contributed by atoms with Crippen molar-refractivity contribution in [2.75, 3.05) is 13.2 Å². The Morgan fingerprint density at radius 2 is 2.06 bits per heavy atom. The Bertz CT molecular complexity index is 476. The summed E-state index contributed by atoms with van der Waals surface area (Å²) < 4.78 is 7.64. The fourth-order valence-electron chi connectivity index (χ4n) is 2.04. The zero-order valence-electron chi connectivity index (χ0n) is 10.2. The van der Waals surface area contributed by atoms with Gasteiger partial charge in [0.25, 0.3) is 0 Å². The average molecular weight is 233 g/mol. The summed E-state index contributed by atoms with van der Waals surface area (Å²) in [4.78, 5) is 0. The molecule has 0 amide bonds. The van der Waals surface area contributed by atoms with Gasteiger partial charge in [0.05, 0.1) is 13.2 Å². The van der Waals surface area contributed by atoms with Crippen molar-refractivity contribution >= 4 is 10.9 Å². The quantitative estimate of drug-likeness (QED) is 0.778. The Hall–Kier alpha value is -1.32. The van der Waals surface area contributed by atoms with Crippen LogP contribution in [0.25, 0.3) is 10.9 Å². The van der Waals surface area contributed by atoms with E-state index in [1.165, 1.54) is 0 Å². The van der Waals surface area contributed by atoms with Gasteiger partial charge < -0.3 is 14.4 Å². The molecular weight excluding hydrogens is 214 g/mol. The highest BCUT2D eigenvalue weighted by atomic mass is 16.5. The lowest BCUT2D eigenvalue weighted by molar-refractivity contribution is 0.127. The molecule has 0 radical (unpaired) electrons. The Balaban J connectivity index is 2.16. The van der Waals surface area contributed by atoms with E-state index in [-0.39, 0.29) is 6.61 Å². The summed E-state index contributed by atoms with van der Waals surface area (Å²) in [5.74, 6) is 0.